The molecule has 0 fully saturated rings. The fourth-order valence-corrected chi connectivity index (χ4v) is 10.4. The van der Waals surface area contributed by atoms with E-state index in [0.29, 0.717) is 37.9 Å². The van der Waals surface area contributed by atoms with Gasteiger partial charge in [0.15, 0.2) is 0 Å². The molecule has 0 bridgehead atoms. The number of nitrogens with zero attached hydrogens (tertiary/aromatic N) is 5. The van der Waals surface area contributed by atoms with E-state index in [-0.39, 0.29) is 28.9 Å². The van der Waals surface area contributed by atoms with Gasteiger partial charge in [-0.05, 0) is 12.1 Å². The SMILES string of the molecule is [2H]c1c([2H])c([2H])c(-c2cccc(-c3ccc(C(C)(C)C)cc3)c2-n2[c](=[Pt])n(-c3[c-]c(Oc4cc(C([2H])([2H])C(C)C)cc(N5B(c6ccccc6)N(c6ccccc6)c6ccc[c-]c65)n4)ccc3)c3ccccc32)c([2H])c1[2H]. The Morgan fingerprint density at radius 2 is 1.37 bits per heavy atom. The molecule has 10 aromatic rings. The minimum absolute atomic E-state index is 0.0932. The molecule has 11 rings (SSSR count). The number of benzene rings is 8. The van der Waals surface area contributed by atoms with Gasteiger partial charge >= 0.3 is 350 Å². The molecule has 6 nitrogen and oxygen atoms in total. The van der Waals surface area contributed by atoms with Gasteiger partial charge in [0.2, 0.25) is 0 Å². The number of hydrogen-bond acceptors (Lipinski definition) is 4. The standard InChI is InChI=1S/C62H52BN5O.Pt/c1-44(2)39-45-40-59(68-58-34-18-17-33-57(58)67(50-25-13-8-14-26-50)63(68)49-23-11-7-12-24-49)64-60(41-45)69-52-28-19-27-51(42-52)65-43-66(56-32-16-15-31-55(56)65)61-53(46-21-9-6-10-22-46)29-20-30-54(61)47-35-37-48(38-36-47)62(3,4)5;/h6-33,35-38,40-41,44H,39H2,1-5H3;/q-2;/i6D,9D,10D,21D,22D,39D2;. The molecular formula is C62H52BN5OPt-2. The monoisotopic (exact) mass is 1100 g/mol. The Bertz CT molecular complexity index is 3930. The van der Waals surface area contributed by atoms with Crippen molar-refractivity contribution in [2.24, 2.45) is 5.92 Å². The average Bonchev–Trinajstić information content (AvgIpc) is 3.99. The number of aromatic nitrogens is 3. The van der Waals surface area contributed by atoms with Gasteiger partial charge in [0, 0.05) is 5.69 Å². The van der Waals surface area contributed by atoms with Crippen molar-refractivity contribution in [3.8, 4) is 45.3 Å². The van der Waals surface area contributed by atoms with Crippen LogP contribution < -0.4 is 19.8 Å². The fraction of sp³-hybridized carbons (Fsp3) is 0.129. The van der Waals surface area contributed by atoms with E-state index in [1.807, 2.05) is 123 Å². The van der Waals surface area contributed by atoms with Crippen molar-refractivity contribution in [3.05, 3.63) is 233 Å². The van der Waals surface area contributed by atoms with Crippen LogP contribution in [0.3, 0.4) is 0 Å². The summed E-state index contributed by atoms with van der Waals surface area (Å²) >= 11 is 2.29. The van der Waals surface area contributed by atoms with E-state index in [9.17, 15) is 5.48 Å². The van der Waals surface area contributed by atoms with E-state index < -0.39 is 37.4 Å². The second-order valence-corrected chi connectivity index (χ2v) is 19.6. The van der Waals surface area contributed by atoms with Crippen LogP contribution in [0.1, 0.15) is 55.3 Å². The van der Waals surface area contributed by atoms with E-state index in [1.54, 1.807) is 12.1 Å². The fourth-order valence-electron chi connectivity index (χ4n) is 9.34. The van der Waals surface area contributed by atoms with Crippen LogP contribution in [0.4, 0.5) is 22.9 Å². The van der Waals surface area contributed by atoms with Crippen LogP contribution >= 0.6 is 0 Å². The van der Waals surface area contributed by atoms with Crippen molar-refractivity contribution in [1.82, 2.24) is 14.1 Å². The molecule has 8 heteroatoms. The number of hydrogen-bond donors (Lipinski definition) is 0. The van der Waals surface area contributed by atoms with Crippen LogP contribution in [0, 0.1) is 21.9 Å². The third kappa shape index (κ3) is 8.54. The van der Waals surface area contributed by atoms with Crippen molar-refractivity contribution in [1.29, 1.82) is 0 Å². The molecule has 0 radical (unpaired) electrons. The number of rotatable bonds is 11. The van der Waals surface area contributed by atoms with Gasteiger partial charge in [-0.15, -0.1) is 6.07 Å². The molecule has 8 aromatic carbocycles. The molecule has 0 atom stereocenters. The number of imidazole rings is 1. The number of anilines is 4. The Kier molecular flexibility index (Phi) is 10.0. The summed E-state index contributed by atoms with van der Waals surface area (Å²) in [4.78, 5) is 9.58. The van der Waals surface area contributed by atoms with Crippen molar-refractivity contribution in [2.75, 3.05) is 9.62 Å². The van der Waals surface area contributed by atoms with Crippen molar-refractivity contribution in [3.63, 3.8) is 0 Å². The first kappa shape index (κ1) is 37.4. The van der Waals surface area contributed by atoms with Gasteiger partial charge in [0.1, 0.15) is 0 Å². The Morgan fingerprint density at radius 3 is 2.09 bits per heavy atom. The number of para-hydroxylation sites is 5. The number of ether oxygens (including phenoxy) is 1. The van der Waals surface area contributed by atoms with Crippen LogP contribution in [-0.2, 0) is 31.1 Å². The molecule has 0 spiro atoms. The third-order valence-corrected chi connectivity index (χ3v) is 13.4. The molecule has 0 saturated carbocycles. The molecule has 2 aromatic heterocycles. The predicted molar refractivity (Wildman–Crippen MR) is 285 cm³/mol. The van der Waals surface area contributed by atoms with E-state index in [0.717, 1.165) is 50.2 Å². The zero-order valence-corrected chi connectivity index (χ0v) is 41.6. The van der Waals surface area contributed by atoms with Crippen molar-refractivity contribution >= 4 is 46.4 Å². The Balaban J connectivity index is 1.08. The molecule has 1 aliphatic rings. The molecule has 0 unspecified atom stereocenters. The first-order valence-corrected chi connectivity index (χ1v) is 24.5. The van der Waals surface area contributed by atoms with E-state index >= 15 is 0 Å². The minimum atomic E-state index is -1.78. The van der Waals surface area contributed by atoms with Gasteiger partial charge in [-0.2, -0.15) is 12.1 Å². The second-order valence-electron chi connectivity index (χ2n) is 18.5. The van der Waals surface area contributed by atoms with Crippen molar-refractivity contribution < 1.29 is 33.7 Å². The molecular weight excluding hydrogens is 1040 g/mol. The predicted octanol–water partition coefficient (Wildman–Crippen LogP) is 14.8. The summed E-state index contributed by atoms with van der Waals surface area (Å²) in [5.41, 5.74) is 10.2. The summed E-state index contributed by atoms with van der Waals surface area (Å²) < 4.78 is 74.8. The van der Waals surface area contributed by atoms with Crippen LogP contribution in [-0.4, -0.2) is 21.1 Å². The quantitative estimate of drug-likeness (QED) is 0.0956. The first-order valence-electron chi connectivity index (χ1n) is 26.9. The zero-order chi connectivity index (χ0) is 54.1. The van der Waals surface area contributed by atoms with Crippen LogP contribution in [0.25, 0.3) is 44.7 Å². The Hall–Kier alpha value is -7.47. The maximum absolute atomic E-state index is 9.43. The maximum atomic E-state index is 9.43. The zero-order valence-electron chi connectivity index (χ0n) is 46.4. The van der Waals surface area contributed by atoms with Gasteiger partial charge in [0.05, 0.1) is 0 Å². The molecule has 0 amide bonds. The summed E-state index contributed by atoms with van der Waals surface area (Å²) in [6.45, 7) is 9.81. The third-order valence-electron chi connectivity index (χ3n) is 12.4. The van der Waals surface area contributed by atoms with E-state index in [2.05, 4.69) is 126 Å². The topological polar surface area (TPSA) is 38.5 Å². The molecule has 0 aliphatic carbocycles. The first-order chi connectivity index (χ1) is 36.9. The second kappa shape index (κ2) is 18.8. The summed E-state index contributed by atoms with van der Waals surface area (Å²) in [6, 6.07) is 62.6. The van der Waals surface area contributed by atoms with Crippen LogP contribution in [0.2, 0.25) is 0 Å². The molecule has 0 N–H and O–H groups in total. The van der Waals surface area contributed by atoms with E-state index in [4.69, 9.17) is 13.8 Å². The Labute approximate surface area is 432 Å². The summed E-state index contributed by atoms with van der Waals surface area (Å²) in [6.07, 6.45) is -1.78. The van der Waals surface area contributed by atoms with Gasteiger partial charge in [-0.25, -0.2) is 0 Å². The van der Waals surface area contributed by atoms with Gasteiger partial charge in [-0.3, -0.25) is 0 Å². The average molecular weight is 1100 g/mol. The van der Waals surface area contributed by atoms with Gasteiger partial charge in [-0.1, -0.05) is 48.5 Å². The molecule has 346 valence electrons. The summed E-state index contributed by atoms with van der Waals surface area (Å²) in [5.74, 6) is 0.591. The Morgan fingerprint density at radius 1 is 0.700 bits per heavy atom. The molecule has 0 saturated heterocycles. The summed E-state index contributed by atoms with van der Waals surface area (Å²) in [5, 5.41) is 0. The molecule has 3 heterocycles. The molecule has 70 heavy (non-hydrogen) atoms. The number of fused-ring (bicyclic) bond motifs is 2. The summed E-state index contributed by atoms with van der Waals surface area (Å²) in [7, 11) is 0. The van der Waals surface area contributed by atoms with Crippen molar-refractivity contribution in [2.45, 2.75) is 46.4 Å². The normalized spacial score (nSPS) is 14.2. The number of pyridine rings is 1. The van der Waals surface area contributed by atoms with E-state index in [1.165, 1.54) is 0 Å². The van der Waals surface area contributed by atoms with Crippen LogP contribution in [0.15, 0.2) is 206 Å². The molecule has 1 aliphatic heterocycles. The van der Waals surface area contributed by atoms with Gasteiger partial charge < -0.3 is 0 Å². The van der Waals surface area contributed by atoms with Gasteiger partial charge in [0.25, 0.3) is 0 Å². The van der Waals surface area contributed by atoms with Crippen LogP contribution in [0.5, 0.6) is 11.6 Å².